The Morgan fingerprint density at radius 3 is 3.20 bits per heavy atom. The van der Waals surface area contributed by atoms with Crippen molar-refractivity contribution in [2.45, 2.75) is 6.54 Å². The Bertz CT molecular complexity index is 209. The Morgan fingerprint density at radius 1 is 1.90 bits per heavy atom. The molecule has 1 aromatic heterocycles. The average Bonchev–Trinajstić information content (AvgIpc) is 2.34. The van der Waals surface area contributed by atoms with Crippen LogP contribution in [0.2, 0.25) is 0 Å². The first kappa shape index (κ1) is 7.01. The van der Waals surface area contributed by atoms with E-state index in [4.69, 9.17) is 5.73 Å². The first-order valence-electron chi connectivity index (χ1n) is 2.71. The molecule has 0 unspecified atom stereocenters. The Balaban J connectivity index is 2.35. The third-order valence-corrected chi connectivity index (χ3v) is 1.08. The second kappa shape index (κ2) is 3.17. The summed E-state index contributed by atoms with van der Waals surface area (Å²) in [5.41, 5.74) is 5.96. The van der Waals surface area contributed by atoms with E-state index in [1.807, 2.05) is 0 Å². The first-order valence-corrected chi connectivity index (χ1v) is 3.12. The zero-order chi connectivity index (χ0) is 7.40. The second-order valence-corrected chi connectivity index (χ2v) is 2.15. The predicted molar refractivity (Wildman–Crippen MR) is 40.1 cm³/mol. The Labute approximate surface area is 63.4 Å². The molecule has 0 aliphatic carbocycles. The number of nitrogens with two attached hydrogens (primary N) is 1. The summed E-state index contributed by atoms with van der Waals surface area (Å²) < 4.78 is 4.57. The Morgan fingerprint density at radius 2 is 2.70 bits per heavy atom. The molecule has 0 saturated carbocycles. The van der Waals surface area contributed by atoms with E-state index in [9.17, 15) is 0 Å². The quantitative estimate of drug-likeness (QED) is 0.592. The maximum absolute atomic E-state index is 5.17. The Hall–Kier alpha value is -1.10. The van der Waals surface area contributed by atoms with Crippen molar-refractivity contribution >= 4 is 17.3 Å². The summed E-state index contributed by atoms with van der Waals surface area (Å²) in [6, 6.07) is 1.74. The van der Waals surface area contributed by atoms with Crippen molar-refractivity contribution in [1.82, 2.24) is 10.5 Å². The lowest BCUT2D eigenvalue weighted by Crippen LogP contribution is -2.28. The molecule has 5 heteroatoms. The standard InChI is InChI=1S/C5H7N3OS/c6-5(10)7-3-4-1-2-9-8-4/h1-2H,3H2,(H3,6,7,10). The molecule has 54 valence electrons. The van der Waals surface area contributed by atoms with Gasteiger partial charge < -0.3 is 15.6 Å². The van der Waals surface area contributed by atoms with E-state index in [0.717, 1.165) is 5.69 Å². The molecule has 10 heavy (non-hydrogen) atoms. The molecule has 3 N–H and O–H groups in total. The molecule has 0 spiro atoms. The maximum Gasteiger partial charge on any atom is 0.163 e. The van der Waals surface area contributed by atoms with Gasteiger partial charge in [-0.25, -0.2) is 0 Å². The molecule has 1 aromatic rings. The van der Waals surface area contributed by atoms with E-state index >= 15 is 0 Å². The van der Waals surface area contributed by atoms with E-state index in [0.29, 0.717) is 6.54 Å². The average molecular weight is 157 g/mol. The van der Waals surface area contributed by atoms with E-state index < -0.39 is 0 Å². The van der Waals surface area contributed by atoms with Crippen LogP contribution < -0.4 is 11.1 Å². The zero-order valence-corrected chi connectivity index (χ0v) is 6.02. The third kappa shape index (κ3) is 2.02. The van der Waals surface area contributed by atoms with Gasteiger partial charge in [-0.1, -0.05) is 5.16 Å². The fourth-order valence-corrected chi connectivity index (χ4v) is 0.579. The lowest BCUT2D eigenvalue weighted by Gasteiger charge is -1.97. The minimum atomic E-state index is 0.267. The summed E-state index contributed by atoms with van der Waals surface area (Å²) >= 11 is 4.58. The first-order chi connectivity index (χ1) is 4.79. The van der Waals surface area contributed by atoms with Crippen LogP contribution in [0.25, 0.3) is 0 Å². The van der Waals surface area contributed by atoms with Crippen LogP contribution in [0, 0.1) is 0 Å². The second-order valence-electron chi connectivity index (χ2n) is 1.71. The summed E-state index contributed by atoms with van der Waals surface area (Å²) in [6.45, 7) is 0.520. The molecule has 1 heterocycles. The molecule has 0 saturated heterocycles. The van der Waals surface area contributed by atoms with E-state index in [1.165, 1.54) is 6.26 Å². The van der Waals surface area contributed by atoms with Crippen molar-refractivity contribution in [3.63, 3.8) is 0 Å². The largest absolute Gasteiger partial charge is 0.376 e. The van der Waals surface area contributed by atoms with Gasteiger partial charge in [0.15, 0.2) is 5.11 Å². The molecule has 0 bridgehead atoms. The van der Waals surface area contributed by atoms with Crippen molar-refractivity contribution in [1.29, 1.82) is 0 Å². The van der Waals surface area contributed by atoms with E-state index in [1.54, 1.807) is 6.07 Å². The number of nitrogens with one attached hydrogen (secondary N) is 1. The highest BCUT2D eigenvalue weighted by Gasteiger charge is 1.93. The number of rotatable bonds is 2. The van der Waals surface area contributed by atoms with E-state index in [2.05, 4.69) is 27.2 Å². The lowest BCUT2D eigenvalue weighted by atomic mass is 10.4. The zero-order valence-electron chi connectivity index (χ0n) is 5.20. The smallest absolute Gasteiger partial charge is 0.163 e. The van der Waals surface area contributed by atoms with Gasteiger partial charge in [-0.2, -0.15) is 0 Å². The highest BCUT2D eigenvalue weighted by Crippen LogP contribution is 1.91. The third-order valence-electron chi connectivity index (χ3n) is 0.935. The van der Waals surface area contributed by atoms with Gasteiger partial charge in [0.2, 0.25) is 0 Å². The van der Waals surface area contributed by atoms with Crippen molar-refractivity contribution in [2.75, 3.05) is 0 Å². The van der Waals surface area contributed by atoms with Crippen LogP contribution in [-0.4, -0.2) is 10.3 Å². The van der Waals surface area contributed by atoms with Gasteiger partial charge in [0.05, 0.1) is 6.54 Å². The van der Waals surface area contributed by atoms with Crippen LogP contribution in [0.4, 0.5) is 0 Å². The monoisotopic (exact) mass is 157 g/mol. The van der Waals surface area contributed by atoms with Crippen LogP contribution in [0.3, 0.4) is 0 Å². The van der Waals surface area contributed by atoms with Gasteiger partial charge in [-0.05, 0) is 12.2 Å². The molecule has 1 rings (SSSR count). The van der Waals surface area contributed by atoms with Gasteiger partial charge in [0.25, 0.3) is 0 Å². The number of aromatic nitrogens is 1. The molecule has 0 radical (unpaired) electrons. The van der Waals surface area contributed by atoms with Gasteiger partial charge in [-0.3, -0.25) is 0 Å². The SMILES string of the molecule is NC(=S)NCc1ccon1. The van der Waals surface area contributed by atoms with Crippen LogP contribution >= 0.6 is 12.2 Å². The van der Waals surface area contributed by atoms with E-state index in [-0.39, 0.29) is 5.11 Å². The van der Waals surface area contributed by atoms with Crippen LogP contribution in [0.1, 0.15) is 5.69 Å². The number of hydrogen-bond donors (Lipinski definition) is 2. The fraction of sp³-hybridized carbons (Fsp3) is 0.200. The molecule has 4 nitrogen and oxygen atoms in total. The molecule has 0 aliphatic rings. The minimum absolute atomic E-state index is 0.267. The van der Waals surface area contributed by atoms with Crippen molar-refractivity contribution in [2.24, 2.45) is 5.73 Å². The highest BCUT2D eigenvalue weighted by atomic mass is 32.1. The molecule has 0 aliphatic heterocycles. The van der Waals surface area contributed by atoms with Gasteiger partial charge in [-0.15, -0.1) is 0 Å². The Kier molecular flexibility index (Phi) is 2.22. The molecule has 0 atom stereocenters. The van der Waals surface area contributed by atoms with Crippen molar-refractivity contribution < 1.29 is 4.52 Å². The summed E-state index contributed by atoms with van der Waals surface area (Å²) in [7, 11) is 0. The summed E-state index contributed by atoms with van der Waals surface area (Å²) in [5, 5.41) is 6.64. The van der Waals surface area contributed by atoms with Crippen LogP contribution in [0.5, 0.6) is 0 Å². The van der Waals surface area contributed by atoms with Crippen LogP contribution in [0.15, 0.2) is 16.9 Å². The summed E-state index contributed by atoms with van der Waals surface area (Å²) in [4.78, 5) is 0. The van der Waals surface area contributed by atoms with Gasteiger partial charge >= 0.3 is 0 Å². The number of nitrogens with zero attached hydrogens (tertiary/aromatic N) is 1. The topological polar surface area (TPSA) is 64.1 Å². The molecule has 0 aromatic carbocycles. The molecule has 0 amide bonds. The number of hydrogen-bond acceptors (Lipinski definition) is 3. The molecular weight excluding hydrogens is 150 g/mol. The molecular formula is C5H7N3OS. The van der Waals surface area contributed by atoms with Crippen LogP contribution in [-0.2, 0) is 6.54 Å². The minimum Gasteiger partial charge on any atom is -0.376 e. The number of thiocarbonyl (C=S) groups is 1. The predicted octanol–water partition coefficient (Wildman–Crippen LogP) is 0.00780. The summed E-state index contributed by atoms with van der Waals surface area (Å²) in [6.07, 6.45) is 1.50. The highest BCUT2D eigenvalue weighted by molar-refractivity contribution is 7.80. The summed E-state index contributed by atoms with van der Waals surface area (Å²) in [5.74, 6) is 0. The lowest BCUT2D eigenvalue weighted by molar-refractivity contribution is 0.411. The van der Waals surface area contributed by atoms with Gasteiger partial charge in [0.1, 0.15) is 12.0 Å². The maximum atomic E-state index is 5.17. The fourth-order valence-electron chi connectivity index (χ4n) is 0.506. The van der Waals surface area contributed by atoms with Gasteiger partial charge in [0, 0.05) is 6.07 Å². The van der Waals surface area contributed by atoms with Crippen molar-refractivity contribution in [3.8, 4) is 0 Å². The molecule has 0 fully saturated rings. The normalized spacial score (nSPS) is 9.20. The van der Waals surface area contributed by atoms with Crippen molar-refractivity contribution in [3.05, 3.63) is 18.0 Å².